The van der Waals surface area contributed by atoms with E-state index in [1.165, 1.54) is 31.2 Å². The minimum atomic E-state index is 0.447. The molecular formula is C11H15N. The first-order chi connectivity index (χ1) is 5.81. The lowest BCUT2D eigenvalue weighted by atomic mass is 9.82. The summed E-state index contributed by atoms with van der Waals surface area (Å²) in [6.45, 7) is 2.37. The first-order valence-electron chi connectivity index (χ1n) is 4.72. The van der Waals surface area contributed by atoms with Gasteiger partial charge in [0.15, 0.2) is 0 Å². The van der Waals surface area contributed by atoms with Crippen molar-refractivity contribution in [2.75, 3.05) is 0 Å². The molecule has 1 aliphatic rings. The molecule has 1 aliphatic carbocycles. The van der Waals surface area contributed by atoms with Crippen molar-refractivity contribution in [3.05, 3.63) is 30.1 Å². The molecule has 0 aliphatic heterocycles. The van der Waals surface area contributed by atoms with Gasteiger partial charge in [0.05, 0.1) is 0 Å². The van der Waals surface area contributed by atoms with Gasteiger partial charge in [0.25, 0.3) is 0 Å². The van der Waals surface area contributed by atoms with Crippen LogP contribution in [0.25, 0.3) is 0 Å². The third kappa shape index (κ3) is 1.24. The van der Waals surface area contributed by atoms with Crippen molar-refractivity contribution in [3.63, 3.8) is 0 Å². The summed E-state index contributed by atoms with van der Waals surface area (Å²) in [6, 6.07) is 4.32. The molecule has 2 rings (SSSR count). The van der Waals surface area contributed by atoms with Gasteiger partial charge < -0.3 is 0 Å². The van der Waals surface area contributed by atoms with Gasteiger partial charge in [-0.05, 0) is 36.0 Å². The summed E-state index contributed by atoms with van der Waals surface area (Å²) in [7, 11) is 0. The molecule has 0 spiro atoms. The van der Waals surface area contributed by atoms with Crippen LogP contribution >= 0.6 is 0 Å². The third-order valence-electron chi connectivity index (χ3n) is 3.08. The lowest BCUT2D eigenvalue weighted by Crippen LogP contribution is -2.16. The standard InChI is InChI=1S/C11H15N/c1-11(6-2-3-7-11)10-4-8-12-9-5-10/h4-5,8-9H,2-3,6-7H2,1H3. The fourth-order valence-electron chi connectivity index (χ4n) is 2.20. The molecule has 0 amide bonds. The first-order valence-corrected chi connectivity index (χ1v) is 4.72. The predicted molar refractivity (Wildman–Crippen MR) is 50.1 cm³/mol. The van der Waals surface area contributed by atoms with Crippen molar-refractivity contribution >= 4 is 0 Å². The molecule has 12 heavy (non-hydrogen) atoms. The van der Waals surface area contributed by atoms with Crippen molar-refractivity contribution in [2.45, 2.75) is 38.0 Å². The quantitative estimate of drug-likeness (QED) is 0.617. The molecule has 64 valence electrons. The van der Waals surface area contributed by atoms with Gasteiger partial charge in [-0.2, -0.15) is 0 Å². The highest BCUT2D eigenvalue weighted by Crippen LogP contribution is 2.39. The summed E-state index contributed by atoms with van der Waals surface area (Å²) >= 11 is 0. The predicted octanol–water partition coefficient (Wildman–Crippen LogP) is 2.91. The second-order valence-corrected chi connectivity index (χ2v) is 4.00. The Hall–Kier alpha value is -0.850. The van der Waals surface area contributed by atoms with Crippen LogP contribution in [0.1, 0.15) is 38.2 Å². The molecule has 1 heterocycles. The highest BCUT2D eigenvalue weighted by molar-refractivity contribution is 5.22. The SMILES string of the molecule is CC1(c2ccncc2)CCCC1. The zero-order valence-corrected chi connectivity index (χ0v) is 7.59. The highest BCUT2D eigenvalue weighted by Gasteiger charge is 2.29. The van der Waals surface area contributed by atoms with Crippen molar-refractivity contribution in [1.82, 2.24) is 4.98 Å². The van der Waals surface area contributed by atoms with E-state index in [9.17, 15) is 0 Å². The van der Waals surface area contributed by atoms with Crippen molar-refractivity contribution in [2.24, 2.45) is 0 Å². The van der Waals surface area contributed by atoms with E-state index in [0.717, 1.165) is 0 Å². The summed E-state index contributed by atoms with van der Waals surface area (Å²) in [6.07, 6.45) is 9.27. The van der Waals surface area contributed by atoms with E-state index < -0.39 is 0 Å². The highest BCUT2D eigenvalue weighted by atomic mass is 14.6. The zero-order chi connectivity index (χ0) is 8.44. The lowest BCUT2D eigenvalue weighted by molar-refractivity contribution is 0.491. The van der Waals surface area contributed by atoms with Gasteiger partial charge in [-0.15, -0.1) is 0 Å². The summed E-state index contributed by atoms with van der Waals surface area (Å²) < 4.78 is 0. The van der Waals surface area contributed by atoms with E-state index in [1.807, 2.05) is 12.4 Å². The topological polar surface area (TPSA) is 12.9 Å². The number of nitrogens with zero attached hydrogens (tertiary/aromatic N) is 1. The molecule has 1 aromatic rings. The number of rotatable bonds is 1. The van der Waals surface area contributed by atoms with Gasteiger partial charge >= 0.3 is 0 Å². The average molecular weight is 161 g/mol. The van der Waals surface area contributed by atoms with Crippen LogP contribution in [0.15, 0.2) is 24.5 Å². The molecule has 0 bridgehead atoms. The smallest absolute Gasteiger partial charge is 0.0270 e. The second-order valence-electron chi connectivity index (χ2n) is 4.00. The van der Waals surface area contributed by atoms with E-state index >= 15 is 0 Å². The molecule has 1 nitrogen and oxygen atoms in total. The number of pyridine rings is 1. The fourth-order valence-corrected chi connectivity index (χ4v) is 2.20. The molecule has 0 saturated heterocycles. The maximum absolute atomic E-state index is 4.05. The van der Waals surface area contributed by atoms with Crippen LogP contribution in [0.2, 0.25) is 0 Å². The van der Waals surface area contributed by atoms with Gasteiger partial charge in [0, 0.05) is 12.4 Å². The number of aromatic nitrogens is 1. The normalized spacial score (nSPS) is 21.1. The zero-order valence-electron chi connectivity index (χ0n) is 7.59. The van der Waals surface area contributed by atoms with Gasteiger partial charge in [-0.25, -0.2) is 0 Å². The Kier molecular flexibility index (Phi) is 1.87. The Morgan fingerprint density at radius 3 is 2.33 bits per heavy atom. The van der Waals surface area contributed by atoms with Crippen LogP contribution in [0.3, 0.4) is 0 Å². The van der Waals surface area contributed by atoms with Crippen LogP contribution in [-0.4, -0.2) is 4.98 Å². The minimum absolute atomic E-state index is 0.447. The monoisotopic (exact) mass is 161 g/mol. The maximum Gasteiger partial charge on any atom is 0.0270 e. The maximum atomic E-state index is 4.05. The Morgan fingerprint density at radius 1 is 1.17 bits per heavy atom. The van der Waals surface area contributed by atoms with Crippen LogP contribution in [0.5, 0.6) is 0 Å². The summed E-state index contributed by atoms with van der Waals surface area (Å²) in [5, 5.41) is 0. The summed E-state index contributed by atoms with van der Waals surface area (Å²) in [5.74, 6) is 0. The largest absolute Gasteiger partial charge is 0.265 e. The van der Waals surface area contributed by atoms with Gasteiger partial charge in [-0.1, -0.05) is 19.8 Å². The molecule has 1 heteroatoms. The summed E-state index contributed by atoms with van der Waals surface area (Å²) in [4.78, 5) is 4.05. The molecule has 0 radical (unpaired) electrons. The van der Waals surface area contributed by atoms with Gasteiger partial charge in [0.1, 0.15) is 0 Å². The first kappa shape index (κ1) is 7.78. The fraction of sp³-hybridized carbons (Fsp3) is 0.545. The molecule has 0 unspecified atom stereocenters. The molecule has 0 N–H and O–H groups in total. The molecule has 1 fully saturated rings. The molecular weight excluding hydrogens is 146 g/mol. The van der Waals surface area contributed by atoms with Crippen LogP contribution in [0, 0.1) is 0 Å². The third-order valence-corrected chi connectivity index (χ3v) is 3.08. The van der Waals surface area contributed by atoms with E-state index in [-0.39, 0.29) is 0 Å². The molecule has 1 aromatic heterocycles. The van der Waals surface area contributed by atoms with Crippen LogP contribution in [0.4, 0.5) is 0 Å². The lowest BCUT2D eigenvalue weighted by Gasteiger charge is -2.23. The van der Waals surface area contributed by atoms with Crippen molar-refractivity contribution < 1.29 is 0 Å². The van der Waals surface area contributed by atoms with E-state index in [2.05, 4.69) is 24.0 Å². The van der Waals surface area contributed by atoms with Crippen LogP contribution < -0.4 is 0 Å². The number of hydrogen-bond acceptors (Lipinski definition) is 1. The Bertz CT molecular complexity index is 247. The minimum Gasteiger partial charge on any atom is -0.265 e. The van der Waals surface area contributed by atoms with Gasteiger partial charge in [0.2, 0.25) is 0 Å². The number of hydrogen-bond donors (Lipinski definition) is 0. The molecule has 1 saturated carbocycles. The average Bonchev–Trinajstić information content (AvgIpc) is 2.55. The van der Waals surface area contributed by atoms with E-state index in [4.69, 9.17) is 0 Å². The molecule has 0 atom stereocenters. The van der Waals surface area contributed by atoms with E-state index in [0.29, 0.717) is 5.41 Å². The van der Waals surface area contributed by atoms with Gasteiger partial charge in [-0.3, -0.25) is 4.98 Å². The second kappa shape index (κ2) is 2.89. The Labute approximate surface area is 73.8 Å². The van der Waals surface area contributed by atoms with E-state index in [1.54, 1.807) is 0 Å². The Morgan fingerprint density at radius 2 is 1.75 bits per heavy atom. The Balaban J connectivity index is 2.29. The van der Waals surface area contributed by atoms with Crippen molar-refractivity contribution in [3.8, 4) is 0 Å². The summed E-state index contributed by atoms with van der Waals surface area (Å²) in [5.41, 5.74) is 1.91. The van der Waals surface area contributed by atoms with Crippen LogP contribution in [-0.2, 0) is 5.41 Å². The van der Waals surface area contributed by atoms with Crippen molar-refractivity contribution in [1.29, 1.82) is 0 Å². The molecule has 0 aromatic carbocycles.